The molecule has 1 aliphatic carbocycles. The van der Waals surface area contributed by atoms with Gasteiger partial charge in [0, 0.05) is 5.92 Å². The van der Waals surface area contributed by atoms with Gasteiger partial charge in [0.15, 0.2) is 11.4 Å². The summed E-state index contributed by atoms with van der Waals surface area (Å²) in [5, 5.41) is 12.3. The maximum Gasteiger partial charge on any atom is 0.420 e. The number of rotatable bonds is 5. The Hall–Kier alpha value is -3.23. The summed E-state index contributed by atoms with van der Waals surface area (Å²) >= 11 is 0. The summed E-state index contributed by atoms with van der Waals surface area (Å²) in [6, 6.07) is 7.30. The van der Waals surface area contributed by atoms with Crippen LogP contribution in [-0.2, 0) is 13.1 Å². The molecule has 0 N–H and O–H groups in total. The number of benzene rings is 1. The van der Waals surface area contributed by atoms with Crippen LogP contribution in [0.1, 0.15) is 49.0 Å². The van der Waals surface area contributed by atoms with Crippen LogP contribution >= 0.6 is 0 Å². The van der Waals surface area contributed by atoms with E-state index in [1.54, 1.807) is 16.9 Å². The van der Waals surface area contributed by atoms with Crippen molar-refractivity contribution < 1.29 is 8.94 Å². The minimum absolute atomic E-state index is 0.287. The van der Waals surface area contributed by atoms with Crippen molar-refractivity contribution in [2.24, 2.45) is 0 Å². The minimum atomic E-state index is -0.412. The predicted molar refractivity (Wildman–Crippen MR) is 94.2 cm³/mol. The number of nitrogens with zero attached hydrogens (tertiary/aromatic N) is 6. The number of hydrogen-bond donors (Lipinski definition) is 0. The van der Waals surface area contributed by atoms with Crippen LogP contribution in [0.25, 0.3) is 11.1 Å². The third-order valence-electron chi connectivity index (χ3n) is 4.97. The Balaban J connectivity index is 1.32. The van der Waals surface area contributed by atoms with E-state index in [1.165, 1.54) is 17.4 Å². The Kier molecular flexibility index (Phi) is 3.84. The minimum Gasteiger partial charge on any atom is -0.408 e. The van der Waals surface area contributed by atoms with Crippen molar-refractivity contribution >= 4 is 11.1 Å². The topological polar surface area (TPSA) is 105 Å². The van der Waals surface area contributed by atoms with Crippen LogP contribution in [0.4, 0.5) is 0 Å². The second kappa shape index (κ2) is 6.49. The van der Waals surface area contributed by atoms with E-state index in [1.807, 2.05) is 18.2 Å². The maximum absolute atomic E-state index is 12.1. The zero-order valence-electron chi connectivity index (χ0n) is 14.6. The van der Waals surface area contributed by atoms with Crippen molar-refractivity contribution in [3.8, 4) is 0 Å². The van der Waals surface area contributed by atoms with Gasteiger partial charge in [-0.2, -0.15) is 4.98 Å². The summed E-state index contributed by atoms with van der Waals surface area (Å²) in [6.45, 7) is 0.666. The van der Waals surface area contributed by atoms with Gasteiger partial charge in [0.2, 0.25) is 5.89 Å². The molecule has 4 aromatic rings. The fourth-order valence-electron chi connectivity index (χ4n) is 3.63. The van der Waals surface area contributed by atoms with Gasteiger partial charge in [0.25, 0.3) is 0 Å². The Bertz CT molecular complexity index is 1130. The average Bonchev–Trinajstić information content (AvgIpc) is 3.45. The molecule has 0 spiro atoms. The van der Waals surface area contributed by atoms with Gasteiger partial charge < -0.3 is 8.94 Å². The molecule has 1 saturated carbocycles. The molecule has 9 heteroatoms. The van der Waals surface area contributed by atoms with E-state index in [4.69, 9.17) is 8.94 Å². The Labute approximate surface area is 153 Å². The maximum atomic E-state index is 12.1. The zero-order valence-corrected chi connectivity index (χ0v) is 14.6. The first-order valence-electron chi connectivity index (χ1n) is 9.06. The highest BCUT2D eigenvalue weighted by molar-refractivity contribution is 5.72. The number of fused-ring (bicyclic) bond motifs is 1. The summed E-state index contributed by atoms with van der Waals surface area (Å²) in [7, 11) is 0. The zero-order chi connectivity index (χ0) is 18.2. The second-order valence-electron chi connectivity index (χ2n) is 6.86. The highest BCUT2D eigenvalue weighted by Crippen LogP contribution is 2.32. The lowest BCUT2D eigenvalue weighted by atomic mass is 10.1. The third kappa shape index (κ3) is 3.05. The van der Waals surface area contributed by atoms with Crippen molar-refractivity contribution in [1.29, 1.82) is 0 Å². The molecule has 0 radical (unpaired) electrons. The first-order valence-corrected chi connectivity index (χ1v) is 9.06. The Morgan fingerprint density at radius 1 is 1.15 bits per heavy atom. The monoisotopic (exact) mass is 366 g/mol. The predicted octanol–water partition coefficient (Wildman–Crippen LogP) is 2.32. The molecular formula is C18H18N6O3. The van der Waals surface area contributed by atoms with E-state index in [0.717, 1.165) is 24.2 Å². The molecule has 0 atom stereocenters. The first-order chi connectivity index (χ1) is 13.3. The average molecular weight is 366 g/mol. The van der Waals surface area contributed by atoms with E-state index in [9.17, 15) is 4.79 Å². The van der Waals surface area contributed by atoms with E-state index in [-0.39, 0.29) is 6.54 Å². The SMILES string of the molecule is O=c1oc2ccccc2n1Cc1cn(Cc2noc(C3CCCC3)n2)nn1. The Morgan fingerprint density at radius 3 is 2.89 bits per heavy atom. The van der Waals surface area contributed by atoms with E-state index >= 15 is 0 Å². The molecule has 1 fully saturated rings. The molecule has 5 rings (SSSR count). The quantitative estimate of drug-likeness (QED) is 0.534. The molecular weight excluding hydrogens is 348 g/mol. The highest BCUT2D eigenvalue weighted by Gasteiger charge is 2.23. The third-order valence-corrected chi connectivity index (χ3v) is 4.97. The molecule has 3 aromatic heterocycles. The van der Waals surface area contributed by atoms with E-state index in [0.29, 0.717) is 29.6 Å². The lowest BCUT2D eigenvalue weighted by Gasteiger charge is -1.99. The van der Waals surface area contributed by atoms with E-state index < -0.39 is 5.76 Å². The molecule has 9 nitrogen and oxygen atoms in total. The fraction of sp³-hybridized carbons (Fsp3) is 0.389. The molecule has 0 amide bonds. The van der Waals surface area contributed by atoms with Crippen molar-refractivity contribution in [2.75, 3.05) is 0 Å². The van der Waals surface area contributed by atoms with Crippen molar-refractivity contribution in [3.63, 3.8) is 0 Å². The van der Waals surface area contributed by atoms with Gasteiger partial charge in [-0.3, -0.25) is 4.57 Å². The molecule has 0 bridgehead atoms. The molecule has 138 valence electrons. The standard InChI is InChI=1S/C18H18N6O3/c25-18-24(14-7-3-4-8-15(14)26-18)10-13-9-23(22-20-13)11-16-19-17(27-21-16)12-5-1-2-6-12/h3-4,7-9,12H,1-2,5-6,10-11H2. The number of hydrogen-bond acceptors (Lipinski definition) is 7. The first kappa shape index (κ1) is 16.0. The normalized spacial score (nSPS) is 15.1. The summed E-state index contributed by atoms with van der Waals surface area (Å²) in [6.07, 6.45) is 6.44. The number of oxazole rings is 1. The summed E-state index contributed by atoms with van der Waals surface area (Å²) in [5.74, 6) is 1.28. The summed E-state index contributed by atoms with van der Waals surface area (Å²) in [4.78, 5) is 16.6. The van der Waals surface area contributed by atoms with Crippen LogP contribution < -0.4 is 5.76 Å². The van der Waals surface area contributed by atoms with Gasteiger partial charge in [0.1, 0.15) is 12.2 Å². The van der Waals surface area contributed by atoms with Gasteiger partial charge in [0.05, 0.1) is 18.3 Å². The van der Waals surface area contributed by atoms with Crippen molar-refractivity contribution in [2.45, 2.75) is 44.7 Å². The van der Waals surface area contributed by atoms with Gasteiger partial charge in [-0.1, -0.05) is 35.3 Å². The molecule has 1 aromatic carbocycles. The van der Waals surface area contributed by atoms with Crippen LogP contribution in [0.2, 0.25) is 0 Å². The fourth-order valence-corrected chi connectivity index (χ4v) is 3.63. The van der Waals surface area contributed by atoms with Crippen molar-refractivity contribution in [1.82, 2.24) is 29.7 Å². The lowest BCUT2D eigenvalue weighted by Crippen LogP contribution is -2.15. The molecule has 3 heterocycles. The molecule has 0 aliphatic heterocycles. The van der Waals surface area contributed by atoms with Crippen LogP contribution in [0, 0.1) is 0 Å². The molecule has 1 aliphatic rings. The van der Waals surface area contributed by atoms with Gasteiger partial charge in [-0.05, 0) is 25.0 Å². The number of aromatic nitrogens is 6. The van der Waals surface area contributed by atoms with Gasteiger partial charge >= 0.3 is 5.76 Å². The van der Waals surface area contributed by atoms with Crippen LogP contribution in [0.3, 0.4) is 0 Å². The lowest BCUT2D eigenvalue weighted by molar-refractivity contribution is 0.349. The van der Waals surface area contributed by atoms with Gasteiger partial charge in [-0.15, -0.1) is 5.10 Å². The number of para-hydroxylation sites is 2. The van der Waals surface area contributed by atoms with Crippen LogP contribution in [-0.4, -0.2) is 29.7 Å². The largest absolute Gasteiger partial charge is 0.420 e. The smallest absolute Gasteiger partial charge is 0.408 e. The summed E-state index contributed by atoms with van der Waals surface area (Å²) < 4.78 is 13.8. The molecule has 0 saturated heterocycles. The Morgan fingerprint density at radius 2 is 2.00 bits per heavy atom. The molecule has 0 unspecified atom stereocenters. The van der Waals surface area contributed by atoms with E-state index in [2.05, 4.69) is 20.5 Å². The van der Waals surface area contributed by atoms with Crippen LogP contribution in [0.5, 0.6) is 0 Å². The second-order valence-corrected chi connectivity index (χ2v) is 6.86. The van der Waals surface area contributed by atoms with Crippen molar-refractivity contribution in [3.05, 3.63) is 58.4 Å². The van der Waals surface area contributed by atoms with Crippen LogP contribution in [0.15, 0.2) is 44.2 Å². The van der Waals surface area contributed by atoms with Gasteiger partial charge in [-0.25, -0.2) is 9.48 Å². The molecule has 27 heavy (non-hydrogen) atoms. The summed E-state index contributed by atoms with van der Waals surface area (Å²) in [5.41, 5.74) is 1.95. The highest BCUT2D eigenvalue weighted by atomic mass is 16.5.